The lowest BCUT2D eigenvalue weighted by Crippen LogP contribution is -2.22. The van der Waals surface area contributed by atoms with E-state index < -0.39 is 0 Å². The average molecular weight is 310 g/mol. The van der Waals surface area contributed by atoms with E-state index in [1.807, 2.05) is 18.2 Å². The Balaban J connectivity index is 2.05. The number of nitrogens with one attached hydrogen (secondary N) is 2. The number of hydrogen-bond donors (Lipinski definition) is 2. The van der Waals surface area contributed by atoms with Crippen molar-refractivity contribution in [2.75, 3.05) is 5.32 Å². The van der Waals surface area contributed by atoms with Crippen molar-refractivity contribution in [3.63, 3.8) is 0 Å². The Kier molecular flexibility index (Phi) is 5.94. The van der Waals surface area contributed by atoms with E-state index in [-0.39, 0.29) is 18.0 Å². The van der Waals surface area contributed by atoms with Gasteiger partial charge in [-0.3, -0.25) is 4.79 Å². The Morgan fingerprint density at radius 3 is 2.26 bits per heavy atom. The Morgan fingerprint density at radius 2 is 1.65 bits per heavy atom. The highest BCUT2D eigenvalue weighted by Crippen LogP contribution is 2.22. The van der Waals surface area contributed by atoms with Crippen LogP contribution < -0.4 is 10.6 Å². The van der Waals surface area contributed by atoms with Crippen molar-refractivity contribution >= 4 is 11.6 Å². The van der Waals surface area contributed by atoms with Crippen LogP contribution in [0.25, 0.3) is 0 Å². The number of amides is 1. The molecule has 0 heterocycles. The van der Waals surface area contributed by atoms with E-state index in [2.05, 4.69) is 61.7 Å². The van der Waals surface area contributed by atoms with E-state index in [9.17, 15) is 4.79 Å². The van der Waals surface area contributed by atoms with Crippen LogP contribution in [-0.4, -0.2) is 5.91 Å². The first-order valence-electron chi connectivity index (χ1n) is 8.22. The van der Waals surface area contributed by atoms with Gasteiger partial charge in [-0.15, -0.1) is 0 Å². The van der Waals surface area contributed by atoms with Crippen LogP contribution >= 0.6 is 0 Å². The molecule has 2 atom stereocenters. The summed E-state index contributed by atoms with van der Waals surface area (Å²) in [6.07, 6.45) is 1.06. The minimum Gasteiger partial charge on any atom is -0.326 e. The number of hydrogen-bond acceptors (Lipinski definition) is 2. The topological polar surface area (TPSA) is 41.1 Å². The van der Waals surface area contributed by atoms with Crippen molar-refractivity contribution in [1.82, 2.24) is 5.32 Å². The second kappa shape index (κ2) is 7.93. The Hall–Kier alpha value is -2.13. The highest BCUT2D eigenvalue weighted by atomic mass is 16.1. The maximum Gasteiger partial charge on any atom is 0.221 e. The summed E-state index contributed by atoms with van der Waals surface area (Å²) in [7, 11) is 0. The zero-order chi connectivity index (χ0) is 16.8. The summed E-state index contributed by atoms with van der Waals surface area (Å²) in [6, 6.07) is 17.2. The van der Waals surface area contributed by atoms with Gasteiger partial charge in [-0.1, -0.05) is 43.3 Å². The van der Waals surface area contributed by atoms with Gasteiger partial charge < -0.3 is 10.6 Å². The fraction of sp³-hybridized carbons (Fsp3) is 0.350. The molecule has 0 aliphatic rings. The van der Waals surface area contributed by atoms with Crippen LogP contribution in [-0.2, 0) is 11.2 Å². The van der Waals surface area contributed by atoms with Gasteiger partial charge >= 0.3 is 0 Å². The summed E-state index contributed by atoms with van der Waals surface area (Å²) < 4.78 is 0. The van der Waals surface area contributed by atoms with Gasteiger partial charge in [-0.05, 0) is 49.1 Å². The van der Waals surface area contributed by atoms with Crippen LogP contribution in [0.15, 0.2) is 48.5 Å². The first kappa shape index (κ1) is 17.2. The third-order valence-corrected chi connectivity index (χ3v) is 4.09. The first-order chi connectivity index (χ1) is 11.0. The lowest BCUT2D eigenvalue weighted by atomic mass is 10.0. The summed E-state index contributed by atoms with van der Waals surface area (Å²) in [5.74, 6) is -0.0489. The SMILES string of the molecule is CCc1ccc(C(C)NC(C)c2cccc(NC(C)=O)c2)cc1. The molecule has 0 aliphatic heterocycles. The maximum absolute atomic E-state index is 11.2. The molecule has 23 heavy (non-hydrogen) atoms. The Morgan fingerprint density at radius 1 is 1.00 bits per heavy atom. The molecule has 3 heteroatoms. The van der Waals surface area contributed by atoms with Gasteiger partial charge in [0.2, 0.25) is 5.91 Å². The molecule has 0 fully saturated rings. The molecule has 122 valence electrons. The molecule has 0 radical (unpaired) electrons. The van der Waals surface area contributed by atoms with Gasteiger partial charge in [0.25, 0.3) is 0 Å². The minimum atomic E-state index is -0.0489. The molecule has 0 saturated heterocycles. The van der Waals surface area contributed by atoms with Gasteiger partial charge in [0.05, 0.1) is 0 Å². The van der Waals surface area contributed by atoms with Crippen LogP contribution in [0.2, 0.25) is 0 Å². The zero-order valence-corrected chi connectivity index (χ0v) is 14.4. The number of benzene rings is 2. The summed E-state index contributed by atoms with van der Waals surface area (Å²) in [4.78, 5) is 11.2. The predicted octanol–water partition coefficient (Wildman–Crippen LogP) is 4.62. The van der Waals surface area contributed by atoms with E-state index in [1.54, 1.807) is 0 Å². The van der Waals surface area contributed by atoms with E-state index in [0.717, 1.165) is 17.7 Å². The largest absolute Gasteiger partial charge is 0.326 e. The first-order valence-corrected chi connectivity index (χ1v) is 8.22. The van der Waals surface area contributed by atoms with Crippen molar-refractivity contribution in [3.05, 3.63) is 65.2 Å². The van der Waals surface area contributed by atoms with Gasteiger partial charge in [0.15, 0.2) is 0 Å². The average Bonchev–Trinajstić information content (AvgIpc) is 2.54. The lowest BCUT2D eigenvalue weighted by Gasteiger charge is -2.21. The van der Waals surface area contributed by atoms with Crippen molar-refractivity contribution in [3.8, 4) is 0 Å². The molecule has 2 aromatic rings. The highest BCUT2D eigenvalue weighted by Gasteiger charge is 2.11. The van der Waals surface area contributed by atoms with Crippen LogP contribution in [0.4, 0.5) is 5.69 Å². The van der Waals surface area contributed by atoms with Gasteiger partial charge in [-0.25, -0.2) is 0 Å². The van der Waals surface area contributed by atoms with E-state index in [4.69, 9.17) is 0 Å². The quantitative estimate of drug-likeness (QED) is 0.817. The molecule has 0 aromatic heterocycles. The molecule has 0 aliphatic carbocycles. The van der Waals surface area contributed by atoms with E-state index >= 15 is 0 Å². The minimum absolute atomic E-state index is 0.0489. The lowest BCUT2D eigenvalue weighted by molar-refractivity contribution is -0.114. The van der Waals surface area contributed by atoms with Gasteiger partial charge in [-0.2, -0.15) is 0 Å². The highest BCUT2D eigenvalue weighted by molar-refractivity contribution is 5.88. The van der Waals surface area contributed by atoms with Gasteiger partial charge in [0, 0.05) is 24.7 Å². The molecule has 2 rings (SSSR count). The predicted molar refractivity (Wildman–Crippen MR) is 96.5 cm³/mol. The van der Waals surface area contributed by atoms with Crippen molar-refractivity contribution in [2.24, 2.45) is 0 Å². The summed E-state index contributed by atoms with van der Waals surface area (Å²) in [5, 5.41) is 6.45. The Bertz CT molecular complexity index is 649. The van der Waals surface area contributed by atoms with Crippen LogP contribution in [0, 0.1) is 0 Å². The number of aryl methyl sites for hydroxylation is 1. The molecule has 0 spiro atoms. The molecule has 1 amide bonds. The Labute approximate surface area is 139 Å². The second-order valence-electron chi connectivity index (χ2n) is 6.01. The van der Waals surface area contributed by atoms with Crippen LogP contribution in [0.1, 0.15) is 56.5 Å². The number of carbonyl (C=O) groups excluding carboxylic acids is 1. The molecule has 3 nitrogen and oxygen atoms in total. The molecule has 2 aromatic carbocycles. The molecule has 2 N–H and O–H groups in total. The smallest absolute Gasteiger partial charge is 0.221 e. The monoisotopic (exact) mass is 310 g/mol. The van der Waals surface area contributed by atoms with Crippen molar-refractivity contribution in [1.29, 1.82) is 0 Å². The molecule has 0 saturated carbocycles. The van der Waals surface area contributed by atoms with Gasteiger partial charge in [0.1, 0.15) is 0 Å². The molecular formula is C20H26N2O. The standard InChI is InChI=1S/C20H26N2O/c1-5-17-9-11-18(12-10-17)14(2)21-15(3)19-7-6-8-20(13-19)22-16(4)23/h6-15,21H,5H2,1-4H3,(H,22,23). The third-order valence-electron chi connectivity index (χ3n) is 4.09. The van der Waals surface area contributed by atoms with Crippen molar-refractivity contribution < 1.29 is 4.79 Å². The summed E-state index contributed by atoms with van der Waals surface area (Å²) in [6.45, 7) is 8.01. The van der Waals surface area contributed by atoms with E-state index in [1.165, 1.54) is 18.1 Å². The molecule has 2 unspecified atom stereocenters. The van der Waals surface area contributed by atoms with E-state index in [0.29, 0.717) is 0 Å². The second-order valence-corrected chi connectivity index (χ2v) is 6.01. The fourth-order valence-corrected chi connectivity index (χ4v) is 2.70. The van der Waals surface area contributed by atoms with Crippen LogP contribution in [0.3, 0.4) is 0 Å². The number of carbonyl (C=O) groups is 1. The third kappa shape index (κ3) is 4.93. The number of anilines is 1. The molecule has 0 bridgehead atoms. The van der Waals surface area contributed by atoms with Crippen molar-refractivity contribution in [2.45, 2.75) is 46.2 Å². The fourth-order valence-electron chi connectivity index (χ4n) is 2.70. The number of rotatable bonds is 6. The molecular weight excluding hydrogens is 284 g/mol. The van der Waals surface area contributed by atoms with Crippen LogP contribution in [0.5, 0.6) is 0 Å². The maximum atomic E-state index is 11.2. The normalized spacial score (nSPS) is 13.4. The zero-order valence-electron chi connectivity index (χ0n) is 14.4. The summed E-state index contributed by atoms with van der Waals surface area (Å²) >= 11 is 0. The summed E-state index contributed by atoms with van der Waals surface area (Å²) in [5.41, 5.74) is 4.64.